The first-order valence-corrected chi connectivity index (χ1v) is 5.29. The maximum atomic E-state index is 13.4. The van der Waals surface area contributed by atoms with E-state index < -0.39 is 5.82 Å². The number of hydrogen-bond donors (Lipinski definition) is 0. The average Bonchev–Trinajstić information content (AvgIpc) is 2.28. The molecule has 0 bridgehead atoms. The van der Waals surface area contributed by atoms with E-state index in [0.29, 0.717) is 12.2 Å². The third-order valence-electron chi connectivity index (χ3n) is 2.29. The van der Waals surface area contributed by atoms with Crippen molar-refractivity contribution in [1.82, 2.24) is 0 Å². The van der Waals surface area contributed by atoms with Crippen molar-refractivity contribution in [1.29, 1.82) is 5.26 Å². The lowest BCUT2D eigenvalue weighted by Gasteiger charge is -2.23. The summed E-state index contributed by atoms with van der Waals surface area (Å²) in [7, 11) is 0. The maximum absolute atomic E-state index is 13.4. The molecule has 1 aromatic carbocycles. The Hall–Kier alpha value is -1.82. The molecule has 0 aliphatic rings. The molecule has 16 heavy (non-hydrogen) atoms. The Morgan fingerprint density at radius 2 is 2.31 bits per heavy atom. The van der Waals surface area contributed by atoms with Crippen LogP contribution in [0.1, 0.15) is 18.9 Å². The predicted molar refractivity (Wildman–Crippen MR) is 63.8 cm³/mol. The third kappa shape index (κ3) is 2.60. The Kier molecular flexibility index (Phi) is 4.53. The monoisotopic (exact) mass is 218 g/mol. The van der Waals surface area contributed by atoms with Gasteiger partial charge >= 0.3 is 0 Å². The number of rotatable bonds is 5. The SMILES string of the molecule is C=CCN(CCC)c1cccc(F)c1C#N. The fourth-order valence-corrected chi connectivity index (χ4v) is 1.62. The standard InChI is InChI=1S/C13H15FN2/c1-3-8-16(9-4-2)13-7-5-6-12(14)11(13)10-15/h3,5-7H,1,4,8-9H2,2H3. The van der Waals surface area contributed by atoms with E-state index in [-0.39, 0.29) is 5.56 Å². The molecule has 0 aliphatic heterocycles. The van der Waals surface area contributed by atoms with Gasteiger partial charge in [-0.1, -0.05) is 19.1 Å². The minimum atomic E-state index is -0.467. The van der Waals surface area contributed by atoms with Gasteiger partial charge in [-0.05, 0) is 18.6 Å². The molecule has 1 rings (SSSR count). The first-order chi connectivity index (χ1) is 7.74. The highest BCUT2D eigenvalue weighted by molar-refractivity contribution is 5.60. The summed E-state index contributed by atoms with van der Waals surface area (Å²) in [6.45, 7) is 7.11. The van der Waals surface area contributed by atoms with Crippen LogP contribution in [0.15, 0.2) is 30.9 Å². The quantitative estimate of drug-likeness (QED) is 0.710. The van der Waals surface area contributed by atoms with Crippen LogP contribution in [0.2, 0.25) is 0 Å². The molecule has 0 N–H and O–H groups in total. The van der Waals surface area contributed by atoms with E-state index in [1.807, 2.05) is 17.9 Å². The molecule has 0 atom stereocenters. The highest BCUT2D eigenvalue weighted by Gasteiger charge is 2.12. The summed E-state index contributed by atoms with van der Waals surface area (Å²) in [5.74, 6) is -0.467. The molecular formula is C13H15FN2. The van der Waals surface area contributed by atoms with Crippen molar-refractivity contribution in [3.05, 3.63) is 42.2 Å². The van der Waals surface area contributed by atoms with Gasteiger partial charge in [0.15, 0.2) is 0 Å². The summed E-state index contributed by atoms with van der Waals surface area (Å²) >= 11 is 0. The minimum absolute atomic E-state index is 0.109. The number of hydrogen-bond acceptors (Lipinski definition) is 2. The van der Waals surface area contributed by atoms with E-state index in [1.165, 1.54) is 6.07 Å². The first-order valence-electron chi connectivity index (χ1n) is 5.29. The molecule has 84 valence electrons. The van der Waals surface area contributed by atoms with E-state index in [4.69, 9.17) is 5.26 Å². The summed E-state index contributed by atoms with van der Waals surface area (Å²) in [5, 5.41) is 8.94. The van der Waals surface area contributed by atoms with E-state index in [2.05, 4.69) is 6.58 Å². The van der Waals surface area contributed by atoms with Gasteiger partial charge in [0.2, 0.25) is 0 Å². The molecule has 0 aliphatic carbocycles. The molecule has 0 fully saturated rings. The Balaban J connectivity index is 3.13. The van der Waals surface area contributed by atoms with Crippen LogP contribution in [0.3, 0.4) is 0 Å². The summed E-state index contributed by atoms with van der Waals surface area (Å²) in [6.07, 6.45) is 2.69. The van der Waals surface area contributed by atoms with E-state index >= 15 is 0 Å². The molecule has 2 nitrogen and oxygen atoms in total. The van der Waals surface area contributed by atoms with Crippen molar-refractivity contribution >= 4 is 5.69 Å². The average molecular weight is 218 g/mol. The van der Waals surface area contributed by atoms with Crippen LogP contribution in [-0.4, -0.2) is 13.1 Å². The van der Waals surface area contributed by atoms with Crippen molar-refractivity contribution < 1.29 is 4.39 Å². The summed E-state index contributed by atoms with van der Waals surface area (Å²) in [5.41, 5.74) is 0.752. The maximum Gasteiger partial charge on any atom is 0.143 e. The number of nitriles is 1. The zero-order chi connectivity index (χ0) is 12.0. The van der Waals surface area contributed by atoms with Crippen LogP contribution in [0.4, 0.5) is 10.1 Å². The topological polar surface area (TPSA) is 27.0 Å². The zero-order valence-electron chi connectivity index (χ0n) is 9.41. The van der Waals surface area contributed by atoms with Crippen molar-refractivity contribution in [3.8, 4) is 6.07 Å². The van der Waals surface area contributed by atoms with Crippen LogP contribution in [0, 0.1) is 17.1 Å². The van der Waals surface area contributed by atoms with Gasteiger partial charge in [-0.25, -0.2) is 4.39 Å². The van der Waals surface area contributed by atoms with Gasteiger partial charge in [-0.3, -0.25) is 0 Å². The molecule has 0 heterocycles. The zero-order valence-corrected chi connectivity index (χ0v) is 9.41. The second kappa shape index (κ2) is 5.92. The fourth-order valence-electron chi connectivity index (χ4n) is 1.62. The van der Waals surface area contributed by atoms with Crippen LogP contribution < -0.4 is 4.90 Å². The van der Waals surface area contributed by atoms with E-state index in [0.717, 1.165) is 13.0 Å². The minimum Gasteiger partial charge on any atom is -0.367 e. The Morgan fingerprint density at radius 3 is 2.88 bits per heavy atom. The Labute approximate surface area is 95.6 Å². The molecule has 0 amide bonds. The van der Waals surface area contributed by atoms with Gasteiger partial charge < -0.3 is 4.90 Å². The molecule has 0 aromatic heterocycles. The molecule has 0 spiro atoms. The highest BCUT2D eigenvalue weighted by Crippen LogP contribution is 2.22. The summed E-state index contributed by atoms with van der Waals surface area (Å²) < 4.78 is 13.4. The van der Waals surface area contributed by atoms with Gasteiger partial charge in [0.05, 0.1) is 5.69 Å². The Morgan fingerprint density at radius 1 is 1.56 bits per heavy atom. The lowest BCUT2D eigenvalue weighted by atomic mass is 10.1. The van der Waals surface area contributed by atoms with Gasteiger partial charge in [0.1, 0.15) is 17.4 Å². The number of anilines is 1. The fraction of sp³-hybridized carbons (Fsp3) is 0.308. The molecular weight excluding hydrogens is 203 g/mol. The van der Waals surface area contributed by atoms with Crippen molar-refractivity contribution in [2.24, 2.45) is 0 Å². The van der Waals surface area contributed by atoms with E-state index in [9.17, 15) is 4.39 Å². The smallest absolute Gasteiger partial charge is 0.143 e. The van der Waals surface area contributed by atoms with Crippen molar-refractivity contribution in [3.63, 3.8) is 0 Å². The van der Waals surface area contributed by atoms with E-state index in [1.54, 1.807) is 18.2 Å². The third-order valence-corrected chi connectivity index (χ3v) is 2.29. The number of benzene rings is 1. The molecule has 1 aromatic rings. The summed E-state index contributed by atoms with van der Waals surface area (Å²) in [4.78, 5) is 1.95. The van der Waals surface area contributed by atoms with Gasteiger partial charge in [-0.15, -0.1) is 6.58 Å². The molecule has 0 saturated carbocycles. The Bertz CT molecular complexity index is 407. The molecule has 0 radical (unpaired) electrons. The first kappa shape index (κ1) is 12.3. The molecule has 3 heteroatoms. The van der Waals surface area contributed by atoms with Crippen LogP contribution >= 0.6 is 0 Å². The van der Waals surface area contributed by atoms with Gasteiger partial charge in [0, 0.05) is 13.1 Å². The molecule has 0 saturated heterocycles. The van der Waals surface area contributed by atoms with Crippen LogP contribution in [0.5, 0.6) is 0 Å². The predicted octanol–water partition coefficient (Wildman–Crippen LogP) is 3.10. The largest absolute Gasteiger partial charge is 0.367 e. The van der Waals surface area contributed by atoms with Gasteiger partial charge in [0.25, 0.3) is 0 Å². The van der Waals surface area contributed by atoms with Gasteiger partial charge in [-0.2, -0.15) is 5.26 Å². The lowest BCUT2D eigenvalue weighted by Crippen LogP contribution is -2.25. The van der Waals surface area contributed by atoms with Crippen molar-refractivity contribution in [2.75, 3.05) is 18.0 Å². The second-order valence-corrected chi connectivity index (χ2v) is 3.48. The second-order valence-electron chi connectivity index (χ2n) is 3.48. The lowest BCUT2D eigenvalue weighted by molar-refractivity contribution is 0.622. The molecule has 0 unspecified atom stereocenters. The number of nitrogens with zero attached hydrogens (tertiary/aromatic N) is 2. The van der Waals surface area contributed by atoms with Crippen molar-refractivity contribution in [2.45, 2.75) is 13.3 Å². The summed E-state index contributed by atoms with van der Waals surface area (Å²) in [6, 6.07) is 6.60. The highest BCUT2D eigenvalue weighted by atomic mass is 19.1. The normalized spacial score (nSPS) is 9.56. The van der Waals surface area contributed by atoms with Crippen LogP contribution in [0.25, 0.3) is 0 Å². The number of halogens is 1. The van der Waals surface area contributed by atoms with Crippen LogP contribution in [-0.2, 0) is 0 Å².